The lowest BCUT2D eigenvalue weighted by Crippen LogP contribution is -2.44. The molecule has 0 fully saturated rings. The number of rotatable bonds is 6. The van der Waals surface area contributed by atoms with Crippen molar-refractivity contribution in [2.45, 2.75) is 12.6 Å². The summed E-state index contributed by atoms with van der Waals surface area (Å²) < 4.78 is 0. The Balaban J connectivity index is 1.99. The van der Waals surface area contributed by atoms with Crippen LogP contribution >= 0.6 is 0 Å². The van der Waals surface area contributed by atoms with E-state index in [2.05, 4.69) is 32.3 Å². The molecule has 6 nitrogen and oxygen atoms in total. The van der Waals surface area contributed by atoms with E-state index in [1.807, 2.05) is 38.4 Å². The monoisotopic (exact) mass is 335 g/mol. The molecule has 25 heavy (non-hydrogen) atoms. The zero-order valence-corrected chi connectivity index (χ0v) is 14.3. The highest BCUT2D eigenvalue weighted by molar-refractivity contribution is 6.06. The Morgan fingerprint density at radius 3 is 2.60 bits per heavy atom. The summed E-state index contributed by atoms with van der Waals surface area (Å²) in [6.45, 7) is 0. The molecule has 1 amide bonds. The Hall–Kier alpha value is -2.99. The van der Waals surface area contributed by atoms with Crippen molar-refractivity contribution >= 4 is 22.6 Å². The average molecular weight is 335 g/mol. The number of nitrogens with two attached hydrogens (primary N) is 1. The summed E-state index contributed by atoms with van der Waals surface area (Å²) in [7, 11) is 3.89. The van der Waals surface area contributed by atoms with Crippen molar-refractivity contribution in [1.82, 2.24) is 15.3 Å². The molecule has 1 atom stereocenters. The molecule has 3 aromatic rings. The van der Waals surface area contributed by atoms with Gasteiger partial charge in [0.2, 0.25) is 0 Å². The molecule has 0 radical (unpaired) electrons. The number of carbonyl (C=O) groups is 1. The van der Waals surface area contributed by atoms with E-state index >= 15 is 0 Å². The van der Waals surface area contributed by atoms with E-state index in [1.165, 1.54) is 11.9 Å². The third kappa shape index (κ3) is 3.44. The fraction of sp³-hybridized carbons (Fsp3) is 0.211. The topological polar surface area (TPSA) is 84.1 Å². The highest BCUT2D eigenvalue weighted by Crippen LogP contribution is 2.25. The van der Waals surface area contributed by atoms with Gasteiger partial charge in [-0.2, -0.15) is 0 Å². The summed E-state index contributed by atoms with van der Waals surface area (Å²) in [6, 6.07) is 15.6. The van der Waals surface area contributed by atoms with Gasteiger partial charge in [0.15, 0.2) is 0 Å². The molecule has 3 N–H and O–H groups in total. The van der Waals surface area contributed by atoms with E-state index < -0.39 is 5.91 Å². The number of anilines is 1. The molecule has 0 spiro atoms. The minimum atomic E-state index is -0.493. The van der Waals surface area contributed by atoms with E-state index in [0.717, 1.165) is 17.6 Å². The van der Waals surface area contributed by atoms with Crippen LogP contribution in [-0.2, 0) is 6.42 Å². The van der Waals surface area contributed by atoms with Crippen LogP contribution < -0.4 is 16.0 Å². The molecule has 0 aliphatic carbocycles. The maximum atomic E-state index is 11.7. The van der Waals surface area contributed by atoms with Gasteiger partial charge < -0.3 is 16.0 Å². The number of benzene rings is 2. The fourth-order valence-corrected chi connectivity index (χ4v) is 2.97. The number of para-hydroxylation sites is 1. The molecule has 6 heteroatoms. The number of amides is 1. The molecule has 0 saturated heterocycles. The van der Waals surface area contributed by atoms with Gasteiger partial charge in [-0.3, -0.25) is 4.79 Å². The lowest BCUT2D eigenvalue weighted by atomic mass is 10.1. The van der Waals surface area contributed by atoms with E-state index in [-0.39, 0.29) is 6.17 Å². The van der Waals surface area contributed by atoms with Crippen molar-refractivity contribution < 1.29 is 4.79 Å². The number of primary amides is 1. The average Bonchev–Trinajstić information content (AvgIpc) is 2.65. The Bertz CT molecular complexity index is 881. The van der Waals surface area contributed by atoms with Crippen LogP contribution in [0.3, 0.4) is 0 Å². The fourth-order valence-electron chi connectivity index (χ4n) is 2.97. The van der Waals surface area contributed by atoms with E-state index in [1.54, 1.807) is 12.1 Å². The lowest BCUT2D eigenvalue weighted by Gasteiger charge is -2.29. The molecule has 0 aliphatic heterocycles. The normalized spacial score (nSPS) is 12.1. The molecule has 0 unspecified atom stereocenters. The van der Waals surface area contributed by atoms with Crippen LogP contribution in [-0.4, -0.2) is 36.1 Å². The summed E-state index contributed by atoms with van der Waals surface area (Å²) >= 11 is 0. The molecule has 2 aromatic carbocycles. The van der Waals surface area contributed by atoms with Gasteiger partial charge in [0.05, 0.1) is 17.2 Å². The molecule has 0 bridgehead atoms. The van der Waals surface area contributed by atoms with Gasteiger partial charge in [0, 0.05) is 18.9 Å². The van der Waals surface area contributed by atoms with Crippen molar-refractivity contribution in [2.75, 3.05) is 19.0 Å². The summed E-state index contributed by atoms with van der Waals surface area (Å²) in [5.74, 6) is 0.260. The SMILES string of the molecule is CN[C@H](Cc1ccccc1)N(C)c1ncnc2c(C(N)=O)cccc12. The first-order valence-electron chi connectivity index (χ1n) is 8.09. The Kier molecular flexibility index (Phi) is 4.90. The minimum Gasteiger partial charge on any atom is -0.366 e. The quantitative estimate of drug-likeness (QED) is 0.673. The number of fused-ring (bicyclic) bond motifs is 1. The van der Waals surface area contributed by atoms with Crippen LogP contribution in [0.5, 0.6) is 0 Å². The highest BCUT2D eigenvalue weighted by atomic mass is 16.1. The van der Waals surface area contributed by atoms with Crippen molar-refractivity contribution in [1.29, 1.82) is 0 Å². The van der Waals surface area contributed by atoms with Crippen LogP contribution in [0.1, 0.15) is 15.9 Å². The third-order valence-corrected chi connectivity index (χ3v) is 4.32. The predicted molar refractivity (Wildman–Crippen MR) is 99.5 cm³/mol. The van der Waals surface area contributed by atoms with Gasteiger partial charge in [0.25, 0.3) is 5.91 Å². The number of carbonyl (C=O) groups excluding carboxylic acids is 1. The van der Waals surface area contributed by atoms with Gasteiger partial charge in [0.1, 0.15) is 12.1 Å². The molecular weight excluding hydrogens is 314 g/mol. The smallest absolute Gasteiger partial charge is 0.250 e. The van der Waals surface area contributed by atoms with Gasteiger partial charge in [-0.05, 0) is 24.7 Å². The number of likely N-dealkylation sites (N-methyl/N-ethyl adjacent to an activating group) is 2. The highest BCUT2D eigenvalue weighted by Gasteiger charge is 2.19. The standard InChI is InChI=1S/C19H21N5O/c1-21-16(11-13-7-4-3-5-8-13)24(2)19-15-10-6-9-14(18(20)25)17(15)22-12-23-19/h3-10,12,16,21H,11H2,1-2H3,(H2,20,25)/t16-/m0/s1. The van der Waals surface area contributed by atoms with Gasteiger partial charge in [-0.1, -0.05) is 36.4 Å². The van der Waals surface area contributed by atoms with Crippen molar-refractivity contribution in [3.05, 3.63) is 66.0 Å². The van der Waals surface area contributed by atoms with Crippen molar-refractivity contribution in [3.8, 4) is 0 Å². The number of nitrogens with one attached hydrogen (secondary N) is 1. The van der Waals surface area contributed by atoms with Crippen molar-refractivity contribution in [2.24, 2.45) is 5.73 Å². The Morgan fingerprint density at radius 2 is 1.92 bits per heavy atom. The number of nitrogens with zero attached hydrogens (tertiary/aromatic N) is 3. The molecular formula is C19H21N5O. The first kappa shape index (κ1) is 16.9. The lowest BCUT2D eigenvalue weighted by molar-refractivity contribution is 0.100. The van der Waals surface area contributed by atoms with Crippen LogP contribution in [0.25, 0.3) is 10.9 Å². The van der Waals surface area contributed by atoms with E-state index in [9.17, 15) is 4.79 Å². The van der Waals surface area contributed by atoms with E-state index in [4.69, 9.17) is 5.73 Å². The molecule has 1 aromatic heterocycles. The molecule has 0 saturated carbocycles. The van der Waals surface area contributed by atoms with Gasteiger partial charge in [-0.15, -0.1) is 0 Å². The van der Waals surface area contributed by atoms with Crippen LogP contribution in [0.4, 0.5) is 5.82 Å². The second-order valence-corrected chi connectivity index (χ2v) is 5.87. The largest absolute Gasteiger partial charge is 0.366 e. The zero-order chi connectivity index (χ0) is 17.8. The first-order chi connectivity index (χ1) is 12.1. The molecule has 0 aliphatic rings. The first-order valence-corrected chi connectivity index (χ1v) is 8.09. The van der Waals surface area contributed by atoms with Crippen molar-refractivity contribution in [3.63, 3.8) is 0 Å². The van der Waals surface area contributed by atoms with Crippen LogP contribution in [0, 0.1) is 0 Å². The second kappa shape index (κ2) is 7.27. The Labute approximate surface area is 146 Å². The second-order valence-electron chi connectivity index (χ2n) is 5.87. The molecule has 128 valence electrons. The molecule has 3 rings (SSSR count). The number of aromatic nitrogens is 2. The number of hydrogen-bond acceptors (Lipinski definition) is 5. The van der Waals surface area contributed by atoms with Gasteiger partial charge in [-0.25, -0.2) is 9.97 Å². The minimum absolute atomic E-state index is 0.0396. The third-order valence-electron chi connectivity index (χ3n) is 4.32. The summed E-state index contributed by atoms with van der Waals surface area (Å²) in [4.78, 5) is 22.4. The van der Waals surface area contributed by atoms with E-state index in [0.29, 0.717) is 11.1 Å². The Morgan fingerprint density at radius 1 is 1.16 bits per heavy atom. The summed E-state index contributed by atoms with van der Waals surface area (Å²) in [5.41, 5.74) is 7.67. The number of hydrogen-bond donors (Lipinski definition) is 2. The summed E-state index contributed by atoms with van der Waals surface area (Å²) in [6.07, 6.45) is 2.32. The predicted octanol–water partition coefficient (Wildman–Crippen LogP) is 1.95. The zero-order valence-electron chi connectivity index (χ0n) is 14.3. The van der Waals surface area contributed by atoms with Gasteiger partial charge >= 0.3 is 0 Å². The molecule has 1 heterocycles. The maximum Gasteiger partial charge on any atom is 0.250 e. The van der Waals surface area contributed by atoms with Crippen LogP contribution in [0.15, 0.2) is 54.9 Å². The summed E-state index contributed by atoms with van der Waals surface area (Å²) in [5, 5.41) is 4.13. The van der Waals surface area contributed by atoms with Crippen LogP contribution in [0.2, 0.25) is 0 Å². The maximum absolute atomic E-state index is 11.7.